The first-order valence-corrected chi connectivity index (χ1v) is 4.30. The van der Waals surface area contributed by atoms with Crippen molar-refractivity contribution < 1.29 is 15.0 Å². The zero-order valence-electron chi connectivity index (χ0n) is 8.12. The van der Waals surface area contributed by atoms with Gasteiger partial charge in [0.2, 0.25) is 0 Å². The van der Waals surface area contributed by atoms with Crippen LogP contribution in [-0.2, 0) is 0 Å². The van der Waals surface area contributed by atoms with E-state index in [9.17, 15) is 10.1 Å². The molecule has 15 heavy (non-hydrogen) atoms. The maximum Gasteiger partial charge on any atom is 0.480 e. The minimum absolute atomic E-state index is 0.0103. The summed E-state index contributed by atoms with van der Waals surface area (Å²) in [7, 11) is -1.51. The zero-order valence-corrected chi connectivity index (χ0v) is 8.12. The second kappa shape index (κ2) is 4.72. The minimum atomic E-state index is -1.51. The first-order valence-electron chi connectivity index (χ1n) is 4.30. The van der Waals surface area contributed by atoms with Crippen molar-refractivity contribution in [2.24, 2.45) is 0 Å². The lowest BCUT2D eigenvalue weighted by molar-refractivity contribution is -0.384. The molecular weight excluding hydrogens is 197 g/mol. The van der Waals surface area contributed by atoms with Gasteiger partial charge in [-0.2, -0.15) is 0 Å². The Morgan fingerprint density at radius 3 is 2.33 bits per heavy atom. The average Bonchev–Trinajstić information content (AvgIpc) is 2.17. The van der Waals surface area contributed by atoms with Gasteiger partial charge in [-0.25, -0.2) is 0 Å². The highest BCUT2D eigenvalue weighted by molar-refractivity contribution is 6.49. The number of hydrogen-bond donors (Lipinski definition) is 2. The maximum absolute atomic E-state index is 10.4. The third-order valence-electron chi connectivity index (χ3n) is 1.93. The van der Waals surface area contributed by atoms with Gasteiger partial charge < -0.3 is 10.0 Å². The number of rotatable bonds is 3. The highest BCUT2D eigenvalue weighted by atomic mass is 16.6. The molecular formula is C9H10BNO4. The molecule has 0 unspecified atom stereocenters. The second-order valence-electron chi connectivity index (χ2n) is 3.07. The van der Waals surface area contributed by atoms with Crippen molar-refractivity contribution in [3.63, 3.8) is 0 Å². The van der Waals surface area contributed by atoms with Gasteiger partial charge in [0.05, 0.1) is 4.92 Å². The standard InChI is InChI=1S/C9H10BNO4/c1-7(6-10(12)13)8-2-4-9(5-3-8)11(14)15/h2-6,12-13H,1H3/b7-6+. The molecule has 1 aromatic carbocycles. The largest absolute Gasteiger partial charge is 0.480 e. The van der Waals surface area contributed by atoms with Gasteiger partial charge >= 0.3 is 7.12 Å². The van der Waals surface area contributed by atoms with E-state index in [0.717, 1.165) is 0 Å². The van der Waals surface area contributed by atoms with E-state index in [1.165, 1.54) is 18.1 Å². The fourth-order valence-corrected chi connectivity index (χ4v) is 1.17. The summed E-state index contributed by atoms with van der Waals surface area (Å²) >= 11 is 0. The Balaban J connectivity index is 2.94. The molecule has 0 aromatic heterocycles. The predicted molar refractivity (Wildman–Crippen MR) is 56.9 cm³/mol. The van der Waals surface area contributed by atoms with Gasteiger partial charge in [-0.1, -0.05) is 11.5 Å². The molecule has 0 fully saturated rings. The number of nitrogens with zero attached hydrogens (tertiary/aromatic N) is 1. The van der Waals surface area contributed by atoms with E-state index >= 15 is 0 Å². The van der Waals surface area contributed by atoms with Crippen molar-refractivity contribution in [1.29, 1.82) is 0 Å². The number of allylic oxidation sites excluding steroid dienone is 1. The molecule has 2 N–H and O–H groups in total. The van der Waals surface area contributed by atoms with Crippen LogP contribution in [0.4, 0.5) is 5.69 Å². The molecule has 0 atom stereocenters. The van der Waals surface area contributed by atoms with Gasteiger partial charge in [-0.15, -0.1) is 0 Å². The highest BCUT2D eigenvalue weighted by Crippen LogP contribution is 2.18. The Bertz CT molecular complexity index is 386. The Morgan fingerprint density at radius 2 is 1.93 bits per heavy atom. The highest BCUT2D eigenvalue weighted by Gasteiger charge is 2.07. The monoisotopic (exact) mass is 207 g/mol. The van der Waals surface area contributed by atoms with E-state index in [1.54, 1.807) is 19.1 Å². The van der Waals surface area contributed by atoms with Gasteiger partial charge in [-0.3, -0.25) is 10.1 Å². The second-order valence-corrected chi connectivity index (χ2v) is 3.07. The molecule has 0 saturated carbocycles. The van der Waals surface area contributed by atoms with Crippen LogP contribution in [-0.4, -0.2) is 22.1 Å². The van der Waals surface area contributed by atoms with Crippen LogP contribution in [0.25, 0.3) is 5.57 Å². The number of benzene rings is 1. The van der Waals surface area contributed by atoms with Crippen LogP contribution in [0.3, 0.4) is 0 Å². The Hall–Kier alpha value is -1.66. The van der Waals surface area contributed by atoms with Gasteiger partial charge in [-0.05, 0) is 24.6 Å². The lowest BCUT2D eigenvalue weighted by atomic mass is 9.87. The van der Waals surface area contributed by atoms with Crippen LogP contribution in [0, 0.1) is 10.1 Å². The van der Waals surface area contributed by atoms with Crippen LogP contribution < -0.4 is 0 Å². The summed E-state index contributed by atoms with van der Waals surface area (Å²) in [4.78, 5) is 9.89. The lowest BCUT2D eigenvalue weighted by Gasteiger charge is -2.00. The predicted octanol–water partition coefficient (Wildman–Crippen LogP) is 1.01. The molecule has 0 spiro atoms. The summed E-state index contributed by atoms with van der Waals surface area (Å²) in [5.41, 5.74) is 1.38. The van der Waals surface area contributed by atoms with E-state index in [2.05, 4.69) is 0 Å². The molecule has 0 heterocycles. The fourth-order valence-electron chi connectivity index (χ4n) is 1.17. The van der Waals surface area contributed by atoms with Gasteiger partial charge in [0.25, 0.3) is 5.69 Å². The Morgan fingerprint density at radius 1 is 1.40 bits per heavy atom. The third kappa shape index (κ3) is 3.19. The Kier molecular flexibility index (Phi) is 3.59. The average molecular weight is 207 g/mol. The summed E-state index contributed by atoms with van der Waals surface area (Å²) in [5, 5.41) is 27.8. The van der Waals surface area contributed by atoms with E-state index in [1.807, 2.05) is 0 Å². The molecule has 1 aromatic rings. The van der Waals surface area contributed by atoms with Gasteiger partial charge in [0.15, 0.2) is 0 Å². The maximum atomic E-state index is 10.4. The number of non-ortho nitro benzene ring substituents is 1. The van der Waals surface area contributed by atoms with E-state index in [0.29, 0.717) is 11.1 Å². The zero-order chi connectivity index (χ0) is 11.4. The topological polar surface area (TPSA) is 83.6 Å². The van der Waals surface area contributed by atoms with Crippen LogP contribution in [0.5, 0.6) is 0 Å². The van der Waals surface area contributed by atoms with Crippen LogP contribution in [0.2, 0.25) is 0 Å². The molecule has 0 aliphatic carbocycles. The molecule has 0 aliphatic heterocycles. The molecule has 5 nitrogen and oxygen atoms in total. The SMILES string of the molecule is C/C(=C\B(O)O)c1ccc([N+](=O)[O-])cc1. The van der Waals surface area contributed by atoms with Gasteiger partial charge in [0, 0.05) is 12.1 Å². The molecule has 0 radical (unpaired) electrons. The summed E-state index contributed by atoms with van der Waals surface area (Å²) in [5.74, 6) is 1.25. The molecule has 0 bridgehead atoms. The summed E-state index contributed by atoms with van der Waals surface area (Å²) in [6, 6.07) is 5.87. The molecule has 78 valence electrons. The van der Waals surface area contributed by atoms with Crippen LogP contribution >= 0.6 is 0 Å². The van der Waals surface area contributed by atoms with Crippen molar-refractivity contribution >= 4 is 18.4 Å². The summed E-state index contributed by atoms with van der Waals surface area (Å²) < 4.78 is 0. The summed E-state index contributed by atoms with van der Waals surface area (Å²) in [6.07, 6.45) is 0. The lowest BCUT2D eigenvalue weighted by Crippen LogP contribution is -2.06. The van der Waals surface area contributed by atoms with E-state index in [-0.39, 0.29) is 5.69 Å². The fraction of sp³-hybridized carbons (Fsp3) is 0.111. The van der Waals surface area contributed by atoms with Crippen molar-refractivity contribution in [3.8, 4) is 0 Å². The number of nitro groups is 1. The molecule has 6 heteroatoms. The number of nitro benzene ring substituents is 1. The molecule has 1 rings (SSSR count). The van der Waals surface area contributed by atoms with E-state index in [4.69, 9.17) is 10.0 Å². The number of hydrogen-bond acceptors (Lipinski definition) is 4. The van der Waals surface area contributed by atoms with Crippen molar-refractivity contribution in [2.45, 2.75) is 6.92 Å². The minimum Gasteiger partial charge on any atom is -0.424 e. The normalized spacial score (nSPS) is 11.3. The van der Waals surface area contributed by atoms with E-state index < -0.39 is 12.0 Å². The third-order valence-corrected chi connectivity index (χ3v) is 1.93. The first kappa shape index (κ1) is 11.4. The quantitative estimate of drug-likeness (QED) is 0.440. The summed E-state index contributed by atoms with van der Waals surface area (Å²) in [6.45, 7) is 1.70. The molecule has 0 aliphatic rings. The van der Waals surface area contributed by atoms with Crippen molar-refractivity contribution in [3.05, 3.63) is 45.9 Å². The molecule has 0 amide bonds. The van der Waals surface area contributed by atoms with Crippen LogP contribution in [0.1, 0.15) is 12.5 Å². The van der Waals surface area contributed by atoms with Crippen LogP contribution in [0.15, 0.2) is 30.2 Å². The van der Waals surface area contributed by atoms with Crippen molar-refractivity contribution in [2.75, 3.05) is 0 Å². The first-order chi connectivity index (χ1) is 7.00. The molecule has 0 saturated heterocycles. The van der Waals surface area contributed by atoms with Crippen molar-refractivity contribution in [1.82, 2.24) is 0 Å². The van der Waals surface area contributed by atoms with Gasteiger partial charge in [0.1, 0.15) is 0 Å². The Labute approximate surface area is 87.0 Å². The smallest absolute Gasteiger partial charge is 0.424 e.